The van der Waals surface area contributed by atoms with Gasteiger partial charge in [0.2, 0.25) is 0 Å². The molecule has 0 aliphatic rings. The highest BCUT2D eigenvalue weighted by Crippen LogP contribution is 2.35. The van der Waals surface area contributed by atoms with Crippen LogP contribution < -0.4 is 4.74 Å². The number of rotatable bonds is 8. The van der Waals surface area contributed by atoms with E-state index >= 15 is 0 Å². The number of hydrogen-bond donors (Lipinski definition) is 1. The molecule has 31 heavy (non-hydrogen) atoms. The second-order valence-electron chi connectivity index (χ2n) is 7.11. The lowest BCUT2D eigenvalue weighted by atomic mass is 10.0. The Morgan fingerprint density at radius 2 is 1.58 bits per heavy atom. The summed E-state index contributed by atoms with van der Waals surface area (Å²) < 4.78 is 76.0. The van der Waals surface area contributed by atoms with Crippen LogP contribution in [-0.2, 0) is 25.4 Å². The smallest absolute Gasteiger partial charge is 0.418 e. The maximum absolute atomic E-state index is 14.5. The Bertz CT molecular complexity index is 1000. The number of benzene rings is 2. The summed E-state index contributed by atoms with van der Waals surface area (Å²) in [6.07, 6.45) is -3.08. The van der Waals surface area contributed by atoms with Crippen LogP contribution in [0.2, 0.25) is 0 Å². The number of aryl methyl sites for hydroxylation is 1. The van der Waals surface area contributed by atoms with Crippen molar-refractivity contribution in [3.8, 4) is 11.4 Å². The Hall–Kier alpha value is -2.87. The van der Waals surface area contributed by atoms with E-state index in [1.54, 1.807) is 24.3 Å². The molecule has 2 aromatic carbocycles. The lowest BCUT2D eigenvalue weighted by Crippen LogP contribution is -2.12. The molecule has 0 amide bonds. The van der Waals surface area contributed by atoms with Crippen molar-refractivity contribution in [1.82, 2.24) is 4.57 Å². The second kappa shape index (κ2) is 9.51. The molecule has 0 atom stereocenters. The average molecular weight is 439 g/mol. The van der Waals surface area contributed by atoms with Gasteiger partial charge in [-0.2, -0.15) is 13.2 Å². The zero-order chi connectivity index (χ0) is 22.6. The predicted octanol–water partition coefficient (Wildman–Crippen LogP) is 5.49. The predicted molar refractivity (Wildman–Crippen MR) is 106 cm³/mol. The largest absolute Gasteiger partial charge is 0.497 e. The number of nitrogens with zero attached hydrogens (tertiary/aromatic N) is 1. The summed E-state index contributed by atoms with van der Waals surface area (Å²) in [6.45, 7) is -0.104. The van der Waals surface area contributed by atoms with E-state index in [1.165, 1.54) is 30.0 Å². The fourth-order valence-corrected chi connectivity index (χ4v) is 3.53. The number of alkyl halides is 3. The number of aliphatic hydroxyl groups is 1. The molecule has 0 bridgehead atoms. The van der Waals surface area contributed by atoms with Gasteiger partial charge in [-0.05, 0) is 73.7 Å². The maximum atomic E-state index is 14.5. The zero-order valence-corrected chi connectivity index (χ0v) is 16.8. The van der Waals surface area contributed by atoms with E-state index in [0.29, 0.717) is 29.8 Å². The van der Waals surface area contributed by atoms with Crippen LogP contribution in [0.1, 0.15) is 28.8 Å². The molecule has 3 aromatic rings. The molecule has 1 heterocycles. The van der Waals surface area contributed by atoms with Gasteiger partial charge in [0, 0.05) is 29.7 Å². The van der Waals surface area contributed by atoms with E-state index in [-0.39, 0.29) is 30.7 Å². The fourth-order valence-electron chi connectivity index (χ4n) is 3.53. The molecule has 0 unspecified atom stereocenters. The van der Waals surface area contributed by atoms with Crippen molar-refractivity contribution in [2.24, 2.45) is 0 Å². The molecule has 3 nitrogen and oxygen atoms in total. The van der Waals surface area contributed by atoms with Gasteiger partial charge in [0.25, 0.3) is 0 Å². The third-order valence-electron chi connectivity index (χ3n) is 5.08. The van der Waals surface area contributed by atoms with Crippen molar-refractivity contribution in [3.63, 3.8) is 0 Å². The van der Waals surface area contributed by atoms with Crippen LogP contribution in [0, 0.1) is 11.6 Å². The Kier molecular flexibility index (Phi) is 7.00. The molecule has 1 aromatic heterocycles. The summed E-state index contributed by atoms with van der Waals surface area (Å²) in [5, 5.41) is 8.86. The van der Waals surface area contributed by atoms with Gasteiger partial charge < -0.3 is 14.4 Å². The van der Waals surface area contributed by atoms with Gasteiger partial charge in [-0.1, -0.05) is 0 Å². The molecule has 3 rings (SSSR count). The lowest BCUT2D eigenvalue weighted by Gasteiger charge is -2.15. The zero-order valence-electron chi connectivity index (χ0n) is 16.8. The third-order valence-corrected chi connectivity index (χ3v) is 5.08. The van der Waals surface area contributed by atoms with E-state index in [9.17, 15) is 22.0 Å². The molecular weight excluding hydrogens is 417 g/mol. The number of aliphatic hydroxyl groups excluding tert-OH is 1. The Morgan fingerprint density at radius 1 is 0.935 bits per heavy atom. The minimum atomic E-state index is -4.60. The standard InChI is InChI=1S/C23H22F5NO2/c1-31-17-6-4-16(5-7-17)29-11-10-19(23(26,27)28)22(29)9-8-18-20(24)13-15(3-2-12-30)14-21(18)25/h4-7,10-11,13-14,30H,2-3,8-9,12H2,1H3. The molecular formula is C23H22F5NO2. The summed E-state index contributed by atoms with van der Waals surface area (Å²) in [4.78, 5) is 0. The van der Waals surface area contributed by atoms with Crippen LogP contribution in [-0.4, -0.2) is 23.4 Å². The first-order valence-electron chi connectivity index (χ1n) is 9.74. The van der Waals surface area contributed by atoms with E-state index < -0.39 is 23.4 Å². The minimum Gasteiger partial charge on any atom is -0.497 e. The van der Waals surface area contributed by atoms with Crippen LogP contribution in [0.5, 0.6) is 5.75 Å². The summed E-state index contributed by atoms with van der Waals surface area (Å²) in [6, 6.07) is 9.76. The van der Waals surface area contributed by atoms with Crippen LogP contribution in [0.25, 0.3) is 5.69 Å². The van der Waals surface area contributed by atoms with Gasteiger partial charge in [0.1, 0.15) is 17.4 Å². The van der Waals surface area contributed by atoms with Gasteiger partial charge in [-0.25, -0.2) is 8.78 Å². The first-order chi connectivity index (χ1) is 14.7. The van der Waals surface area contributed by atoms with Gasteiger partial charge in [0.05, 0.1) is 12.7 Å². The van der Waals surface area contributed by atoms with Gasteiger partial charge >= 0.3 is 6.18 Å². The Balaban J connectivity index is 1.92. The summed E-state index contributed by atoms with van der Waals surface area (Å²) in [5.41, 5.74) is -0.315. The molecule has 0 spiro atoms. The molecule has 0 aliphatic heterocycles. The highest BCUT2D eigenvalue weighted by Gasteiger charge is 2.35. The minimum absolute atomic E-state index is 0.0826. The Labute approximate surface area is 176 Å². The van der Waals surface area contributed by atoms with E-state index in [1.807, 2.05) is 0 Å². The summed E-state index contributed by atoms with van der Waals surface area (Å²) >= 11 is 0. The lowest BCUT2D eigenvalue weighted by molar-refractivity contribution is -0.138. The van der Waals surface area contributed by atoms with Crippen LogP contribution >= 0.6 is 0 Å². The van der Waals surface area contributed by atoms with Crippen LogP contribution in [0.3, 0.4) is 0 Å². The number of aromatic nitrogens is 1. The van der Waals surface area contributed by atoms with Crippen LogP contribution in [0.4, 0.5) is 22.0 Å². The van der Waals surface area contributed by atoms with Crippen molar-refractivity contribution >= 4 is 0 Å². The van der Waals surface area contributed by atoms with E-state index in [4.69, 9.17) is 9.84 Å². The summed E-state index contributed by atoms with van der Waals surface area (Å²) in [7, 11) is 1.48. The van der Waals surface area contributed by atoms with E-state index in [2.05, 4.69) is 0 Å². The molecule has 0 aliphatic carbocycles. The first kappa shape index (κ1) is 22.8. The van der Waals surface area contributed by atoms with Gasteiger partial charge in [0.15, 0.2) is 0 Å². The fraction of sp³-hybridized carbons (Fsp3) is 0.304. The molecule has 166 valence electrons. The van der Waals surface area contributed by atoms with Gasteiger partial charge in [-0.3, -0.25) is 0 Å². The second-order valence-corrected chi connectivity index (χ2v) is 7.11. The quantitative estimate of drug-likeness (QED) is 0.471. The SMILES string of the molecule is COc1ccc(-n2ccc(C(F)(F)F)c2CCc2c(F)cc(CCCO)cc2F)cc1. The normalized spacial score (nSPS) is 11.7. The van der Waals surface area contributed by atoms with Crippen LogP contribution in [0.15, 0.2) is 48.7 Å². The Morgan fingerprint density at radius 3 is 2.13 bits per heavy atom. The van der Waals surface area contributed by atoms with Crippen molar-refractivity contribution in [2.75, 3.05) is 13.7 Å². The third kappa shape index (κ3) is 5.25. The number of ether oxygens (including phenoxy) is 1. The molecule has 1 N–H and O–H groups in total. The number of methoxy groups -OCH3 is 1. The highest BCUT2D eigenvalue weighted by molar-refractivity contribution is 5.42. The average Bonchev–Trinajstić information content (AvgIpc) is 3.16. The number of hydrogen-bond acceptors (Lipinski definition) is 2. The first-order valence-corrected chi connectivity index (χ1v) is 9.74. The maximum Gasteiger partial charge on any atom is 0.418 e. The van der Waals surface area contributed by atoms with Crippen molar-refractivity contribution in [3.05, 3.63) is 82.7 Å². The van der Waals surface area contributed by atoms with Crippen molar-refractivity contribution in [1.29, 1.82) is 0 Å². The molecule has 0 fully saturated rings. The van der Waals surface area contributed by atoms with Crippen molar-refractivity contribution in [2.45, 2.75) is 31.9 Å². The van der Waals surface area contributed by atoms with Crippen molar-refractivity contribution < 1.29 is 31.8 Å². The highest BCUT2D eigenvalue weighted by atomic mass is 19.4. The molecule has 0 saturated carbocycles. The monoisotopic (exact) mass is 439 g/mol. The summed E-state index contributed by atoms with van der Waals surface area (Å²) in [5.74, 6) is -1.05. The molecule has 0 radical (unpaired) electrons. The van der Waals surface area contributed by atoms with E-state index in [0.717, 1.165) is 6.07 Å². The molecule has 0 saturated heterocycles. The molecule has 8 heteroatoms. The topological polar surface area (TPSA) is 34.4 Å². The number of halogens is 5. The van der Waals surface area contributed by atoms with Gasteiger partial charge in [-0.15, -0.1) is 0 Å².